The lowest BCUT2D eigenvalue weighted by molar-refractivity contribution is 0.0899. The van der Waals surface area contributed by atoms with E-state index in [9.17, 15) is 9.90 Å². The first-order valence-corrected chi connectivity index (χ1v) is 7.68. The maximum atomic E-state index is 12.0. The minimum Gasteiger partial charge on any atom is -0.391 e. The molecule has 100 valence electrons. The molecule has 5 heteroatoms. The van der Waals surface area contributed by atoms with Crippen molar-refractivity contribution in [3.63, 3.8) is 0 Å². The number of carbonyl (C=O) groups is 1. The summed E-state index contributed by atoms with van der Waals surface area (Å²) in [6, 6.07) is 5.56. The second kappa shape index (κ2) is 7.45. The predicted molar refractivity (Wildman–Crippen MR) is 84.7 cm³/mol. The standard InChI is InChI=1S/C13H17BrINO2/c1-8(2)5-10(17)7-16-13(18)11-6-9(14)3-4-12(11)15/h3-4,6,8,10,17H,5,7H2,1-2H3,(H,16,18). The number of aliphatic hydroxyl groups excluding tert-OH is 1. The third-order valence-electron chi connectivity index (χ3n) is 2.41. The van der Waals surface area contributed by atoms with Crippen molar-refractivity contribution in [2.24, 2.45) is 5.92 Å². The van der Waals surface area contributed by atoms with E-state index in [0.29, 0.717) is 24.4 Å². The van der Waals surface area contributed by atoms with Crippen LogP contribution in [0, 0.1) is 9.49 Å². The van der Waals surface area contributed by atoms with Gasteiger partial charge in [0.1, 0.15) is 0 Å². The Bertz CT molecular complexity index is 423. The van der Waals surface area contributed by atoms with Gasteiger partial charge in [0, 0.05) is 14.6 Å². The lowest BCUT2D eigenvalue weighted by Gasteiger charge is -2.14. The van der Waals surface area contributed by atoms with Crippen LogP contribution in [0.2, 0.25) is 0 Å². The fraction of sp³-hybridized carbons (Fsp3) is 0.462. The number of carbonyl (C=O) groups excluding carboxylic acids is 1. The van der Waals surface area contributed by atoms with E-state index < -0.39 is 6.10 Å². The van der Waals surface area contributed by atoms with Crippen molar-refractivity contribution in [2.45, 2.75) is 26.4 Å². The summed E-state index contributed by atoms with van der Waals surface area (Å²) in [5, 5.41) is 12.5. The number of rotatable bonds is 5. The Kier molecular flexibility index (Phi) is 6.59. The number of aliphatic hydroxyl groups is 1. The first-order chi connectivity index (χ1) is 8.40. The smallest absolute Gasteiger partial charge is 0.252 e. The van der Waals surface area contributed by atoms with Crippen LogP contribution in [0.3, 0.4) is 0 Å². The Morgan fingerprint density at radius 1 is 1.50 bits per heavy atom. The van der Waals surface area contributed by atoms with E-state index >= 15 is 0 Å². The molecule has 0 aliphatic heterocycles. The lowest BCUT2D eigenvalue weighted by Crippen LogP contribution is -2.33. The average molecular weight is 426 g/mol. The maximum absolute atomic E-state index is 12.0. The Morgan fingerprint density at radius 3 is 2.78 bits per heavy atom. The number of benzene rings is 1. The van der Waals surface area contributed by atoms with Crippen LogP contribution in [0.25, 0.3) is 0 Å². The molecule has 0 spiro atoms. The Labute approximate surface area is 130 Å². The van der Waals surface area contributed by atoms with Gasteiger partial charge in [0.2, 0.25) is 0 Å². The zero-order valence-corrected chi connectivity index (χ0v) is 14.2. The molecule has 3 nitrogen and oxygen atoms in total. The summed E-state index contributed by atoms with van der Waals surface area (Å²) >= 11 is 5.47. The van der Waals surface area contributed by atoms with Crippen LogP contribution in [0.5, 0.6) is 0 Å². The summed E-state index contributed by atoms with van der Waals surface area (Å²) in [6.07, 6.45) is 0.203. The second-order valence-electron chi connectivity index (χ2n) is 4.62. The van der Waals surface area contributed by atoms with Crippen molar-refractivity contribution in [1.29, 1.82) is 0 Å². The van der Waals surface area contributed by atoms with Crippen molar-refractivity contribution in [3.05, 3.63) is 31.8 Å². The number of hydrogen-bond donors (Lipinski definition) is 2. The van der Waals surface area contributed by atoms with Crippen LogP contribution >= 0.6 is 38.5 Å². The van der Waals surface area contributed by atoms with Gasteiger partial charge in [-0.2, -0.15) is 0 Å². The summed E-state index contributed by atoms with van der Waals surface area (Å²) in [6.45, 7) is 4.38. The first-order valence-electron chi connectivity index (χ1n) is 5.81. The second-order valence-corrected chi connectivity index (χ2v) is 6.70. The lowest BCUT2D eigenvalue weighted by atomic mass is 10.1. The van der Waals surface area contributed by atoms with E-state index in [1.807, 2.05) is 26.0 Å². The topological polar surface area (TPSA) is 49.3 Å². The van der Waals surface area contributed by atoms with Gasteiger partial charge in [-0.3, -0.25) is 4.79 Å². The van der Waals surface area contributed by atoms with Crippen LogP contribution in [0.1, 0.15) is 30.6 Å². The molecule has 1 unspecified atom stereocenters. The SMILES string of the molecule is CC(C)CC(O)CNC(=O)c1cc(Br)ccc1I. The fourth-order valence-corrected chi connectivity index (χ4v) is 2.55. The molecule has 0 aliphatic carbocycles. The van der Waals surface area contributed by atoms with Gasteiger partial charge in [-0.25, -0.2) is 0 Å². The molecule has 1 aromatic carbocycles. The molecular formula is C13H17BrINO2. The Hall–Kier alpha value is -0.140. The summed E-state index contributed by atoms with van der Waals surface area (Å²) in [5.41, 5.74) is 0.627. The van der Waals surface area contributed by atoms with Crippen LogP contribution in [0.4, 0.5) is 0 Å². The van der Waals surface area contributed by atoms with E-state index in [4.69, 9.17) is 0 Å². The van der Waals surface area contributed by atoms with Crippen molar-refractivity contribution < 1.29 is 9.90 Å². The fourth-order valence-electron chi connectivity index (χ4n) is 1.60. The van der Waals surface area contributed by atoms with Gasteiger partial charge < -0.3 is 10.4 Å². The van der Waals surface area contributed by atoms with Crippen LogP contribution in [-0.4, -0.2) is 23.7 Å². The Morgan fingerprint density at radius 2 is 2.17 bits per heavy atom. The molecule has 1 rings (SSSR count). The molecule has 0 bridgehead atoms. The van der Waals surface area contributed by atoms with Crippen molar-refractivity contribution >= 4 is 44.4 Å². The molecule has 0 saturated heterocycles. The highest BCUT2D eigenvalue weighted by Gasteiger charge is 2.13. The van der Waals surface area contributed by atoms with Crippen LogP contribution in [-0.2, 0) is 0 Å². The van der Waals surface area contributed by atoms with Crippen molar-refractivity contribution in [3.8, 4) is 0 Å². The zero-order chi connectivity index (χ0) is 13.7. The number of nitrogens with one attached hydrogen (secondary N) is 1. The van der Waals surface area contributed by atoms with Crippen molar-refractivity contribution in [1.82, 2.24) is 5.32 Å². The quantitative estimate of drug-likeness (QED) is 0.711. The summed E-state index contributed by atoms with van der Waals surface area (Å²) in [5.74, 6) is 0.270. The molecule has 0 aliphatic rings. The van der Waals surface area contributed by atoms with Crippen LogP contribution in [0.15, 0.2) is 22.7 Å². The minimum atomic E-state index is -0.487. The van der Waals surface area contributed by atoms with E-state index in [2.05, 4.69) is 43.8 Å². The molecule has 1 aromatic rings. The molecule has 2 N–H and O–H groups in total. The van der Waals surface area contributed by atoms with Gasteiger partial charge in [0.05, 0.1) is 11.7 Å². The molecule has 18 heavy (non-hydrogen) atoms. The molecular weight excluding hydrogens is 409 g/mol. The summed E-state index contributed by atoms with van der Waals surface area (Å²) in [7, 11) is 0. The van der Waals surface area contributed by atoms with E-state index in [-0.39, 0.29) is 5.91 Å². The number of hydrogen-bond acceptors (Lipinski definition) is 2. The first kappa shape index (κ1) is 15.9. The van der Waals surface area contributed by atoms with E-state index in [0.717, 1.165) is 8.04 Å². The van der Waals surface area contributed by atoms with Gasteiger partial charge in [-0.1, -0.05) is 29.8 Å². The van der Waals surface area contributed by atoms with E-state index in [1.165, 1.54) is 0 Å². The largest absolute Gasteiger partial charge is 0.391 e. The van der Waals surface area contributed by atoms with Gasteiger partial charge in [0.25, 0.3) is 5.91 Å². The molecule has 0 radical (unpaired) electrons. The molecule has 0 aromatic heterocycles. The summed E-state index contributed by atoms with van der Waals surface area (Å²) in [4.78, 5) is 12.0. The van der Waals surface area contributed by atoms with Gasteiger partial charge in [0.15, 0.2) is 0 Å². The third kappa shape index (κ3) is 5.24. The average Bonchev–Trinajstić information content (AvgIpc) is 2.28. The maximum Gasteiger partial charge on any atom is 0.252 e. The monoisotopic (exact) mass is 425 g/mol. The molecule has 0 heterocycles. The van der Waals surface area contributed by atoms with Crippen LogP contribution < -0.4 is 5.32 Å². The summed E-state index contributed by atoms with van der Waals surface area (Å²) < 4.78 is 1.77. The van der Waals surface area contributed by atoms with Gasteiger partial charge in [-0.05, 0) is 53.1 Å². The molecule has 1 amide bonds. The Balaban J connectivity index is 2.58. The zero-order valence-electron chi connectivity index (χ0n) is 10.4. The predicted octanol–water partition coefficient (Wildman–Crippen LogP) is 3.19. The van der Waals surface area contributed by atoms with Gasteiger partial charge in [-0.15, -0.1) is 0 Å². The van der Waals surface area contributed by atoms with Crippen molar-refractivity contribution in [2.75, 3.05) is 6.54 Å². The number of amides is 1. The normalized spacial score (nSPS) is 12.6. The molecule has 1 atom stereocenters. The van der Waals surface area contributed by atoms with E-state index in [1.54, 1.807) is 6.07 Å². The molecule has 0 fully saturated rings. The number of halogens is 2. The third-order valence-corrected chi connectivity index (χ3v) is 3.85. The molecule has 0 saturated carbocycles. The highest BCUT2D eigenvalue weighted by molar-refractivity contribution is 14.1. The minimum absolute atomic E-state index is 0.150. The van der Waals surface area contributed by atoms with Gasteiger partial charge >= 0.3 is 0 Å². The highest BCUT2D eigenvalue weighted by atomic mass is 127. The highest BCUT2D eigenvalue weighted by Crippen LogP contribution is 2.18.